The Hall–Kier alpha value is -1.59. The van der Waals surface area contributed by atoms with Crippen molar-refractivity contribution in [3.8, 4) is 0 Å². The molecule has 0 radical (unpaired) electrons. The molecule has 2 aromatic carbocycles. The number of carbonyl (C=O) groups is 1. The third kappa shape index (κ3) is 4.39. The van der Waals surface area contributed by atoms with Crippen LogP contribution < -0.4 is 11.1 Å². The zero-order valence-electron chi connectivity index (χ0n) is 20.6. The van der Waals surface area contributed by atoms with Gasteiger partial charge in [-0.3, -0.25) is 4.79 Å². The maximum absolute atomic E-state index is 13.8. The first-order chi connectivity index (χ1) is 15.8. The topological polar surface area (TPSA) is 75.3 Å². The van der Waals surface area contributed by atoms with Crippen LogP contribution in [0.3, 0.4) is 0 Å². The molecule has 1 aliphatic heterocycles. The number of benzene rings is 2. The number of nitrogens with two attached hydrogens (primary N) is 1. The summed E-state index contributed by atoms with van der Waals surface area (Å²) in [5, 5.41) is 16.1. The molecule has 7 unspecified atom stereocenters. The molecule has 4 N–H and O–H groups in total. The minimum atomic E-state index is -0.901. The number of rotatable bonds is 4. The van der Waals surface area contributed by atoms with E-state index in [-0.39, 0.29) is 41.0 Å². The Morgan fingerprint density at radius 2 is 1.74 bits per heavy atom. The second-order valence-electron chi connectivity index (χ2n) is 11.7. The van der Waals surface area contributed by atoms with Crippen LogP contribution in [0.2, 0.25) is 10.0 Å². The van der Waals surface area contributed by atoms with Gasteiger partial charge < -0.3 is 16.2 Å². The second kappa shape index (κ2) is 9.13. The molecule has 2 aromatic rings. The van der Waals surface area contributed by atoms with Gasteiger partial charge in [0.15, 0.2) is 0 Å². The molecule has 7 atom stereocenters. The number of piperidine rings is 1. The zero-order valence-corrected chi connectivity index (χ0v) is 22.1. The van der Waals surface area contributed by atoms with Crippen LogP contribution in [0.25, 0.3) is 0 Å². The first kappa shape index (κ1) is 25.5. The van der Waals surface area contributed by atoms with E-state index in [1.54, 1.807) is 0 Å². The van der Waals surface area contributed by atoms with Gasteiger partial charge in [-0.2, -0.15) is 0 Å². The normalized spacial score (nSPS) is 33.6. The maximum atomic E-state index is 13.8. The molecule has 1 heterocycles. The van der Waals surface area contributed by atoms with E-state index in [4.69, 9.17) is 28.9 Å². The SMILES string of the molecule is CC(C)C1NC(=O)C2C(C1O)C(CC(C)(C)C)C(N)(c1ccc(Cl)cc1)C2c1cccc(Cl)c1. The largest absolute Gasteiger partial charge is 0.391 e. The van der Waals surface area contributed by atoms with Crippen molar-refractivity contribution in [3.63, 3.8) is 0 Å². The van der Waals surface area contributed by atoms with E-state index < -0.39 is 17.6 Å². The highest BCUT2D eigenvalue weighted by molar-refractivity contribution is 6.30. The number of hydrogen-bond acceptors (Lipinski definition) is 3. The molecule has 1 saturated carbocycles. The number of aliphatic hydroxyl groups excluding tert-OH is 1. The summed E-state index contributed by atoms with van der Waals surface area (Å²) in [6.45, 7) is 10.6. The number of hydrogen-bond donors (Lipinski definition) is 3. The van der Waals surface area contributed by atoms with Crippen molar-refractivity contribution >= 4 is 29.1 Å². The molecule has 1 aliphatic carbocycles. The van der Waals surface area contributed by atoms with E-state index in [1.807, 2.05) is 62.4 Å². The number of halogens is 2. The van der Waals surface area contributed by atoms with Gasteiger partial charge in [0.2, 0.25) is 5.91 Å². The first-order valence-electron chi connectivity index (χ1n) is 12.1. The van der Waals surface area contributed by atoms with E-state index in [2.05, 4.69) is 26.1 Å². The summed E-state index contributed by atoms with van der Waals surface area (Å²) in [7, 11) is 0. The van der Waals surface area contributed by atoms with Crippen LogP contribution in [-0.2, 0) is 10.3 Å². The highest BCUT2D eigenvalue weighted by Crippen LogP contribution is 2.62. The van der Waals surface area contributed by atoms with Crippen molar-refractivity contribution in [2.24, 2.45) is 34.8 Å². The fraction of sp³-hybridized carbons (Fsp3) is 0.536. The highest BCUT2D eigenvalue weighted by Gasteiger charge is 2.66. The Bertz CT molecular complexity index is 1050. The van der Waals surface area contributed by atoms with E-state index in [0.717, 1.165) is 17.5 Å². The van der Waals surface area contributed by atoms with Gasteiger partial charge in [0, 0.05) is 21.9 Å². The summed E-state index contributed by atoms with van der Waals surface area (Å²) >= 11 is 12.7. The van der Waals surface area contributed by atoms with Crippen LogP contribution in [0.1, 0.15) is 58.1 Å². The van der Waals surface area contributed by atoms with E-state index >= 15 is 0 Å². The highest BCUT2D eigenvalue weighted by atomic mass is 35.5. The van der Waals surface area contributed by atoms with Crippen molar-refractivity contribution in [2.45, 2.75) is 64.6 Å². The zero-order chi connectivity index (χ0) is 25.0. The Morgan fingerprint density at radius 1 is 1.09 bits per heavy atom. The molecule has 0 bridgehead atoms. The molecule has 2 fully saturated rings. The molecule has 4 nitrogen and oxygen atoms in total. The van der Waals surface area contributed by atoms with E-state index in [9.17, 15) is 9.90 Å². The summed E-state index contributed by atoms with van der Waals surface area (Å²) in [5.41, 5.74) is 8.42. The number of fused-ring (bicyclic) bond motifs is 1. The van der Waals surface area contributed by atoms with Crippen molar-refractivity contribution in [3.05, 3.63) is 69.7 Å². The maximum Gasteiger partial charge on any atom is 0.224 e. The summed E-state index contributed by atoms with van der Waals surface area (Å²) in [5.74, 6) is -1.19. The quantitative estimate of drug-likeness (QED) is 0.498. The molecule has 34 heavy (non-hydrogen) atoms. The standard InChI is InChI=1S/C28H36Cl2N2O2/c1-15(2)24-25(33)21-20(14-27(3,4)5)28(31,17-9-11-18(29)12-10-17)23(22(21)26(34)32-24)16-7-6-8-19(30)13-16/h6-13,15,20-25,33H,14,31H2,1-5H3,(H,32,34). The van der Waals surface area contributed by atoms with Crippen LogP contribution in [0.5, 0.6) is 0 Å². The molecular formula is C28H36Cl2N2O2. The summed E-state index contributed by atoms with van der Waals surface area (Å²) in [4.78, 5) is 13.8. The minimum Gasteiger partial charge on any atom is -0.391 e. The summed E-state index contributed by atoms with van der Waals surface area (Å²) < 4.78 is 0. The van der Waals surface area contributed by atoms with Gasteiger partial charge in [0.25, 0.3) is 0 Å². The van der Waals surface area contributed by atoms with E-state index in [1.165, 1.54) is 0 Å². The molecule has 1 amide bonds. The van der Waals surface area contributed by atoms with Crippen molar-refractivity contribution in [1.29, 1.82) is 0 Å². The molecule has 4 rings (SSSR count). The molecule has 1 saturated heterocycles. The third-order valence-corrected chi connectivity index (χ3v) is 8.33. The predicted molar refractivity (Wildman–Crippen MR) is 139 cm³/mol. The molecule has 6 heteroatoms. The van der Waals surface area contributed by atoms with Gasteiger partial charge in [-0.1, -0.05) is 82.1 Å². The monoisotopic (exact) mass is 502 g/mol. The fourth-order valence-corrected chi connectivity index (χ4v) is 6.85. The lowest BCUT2D eigenvalue weighted by Crippen LogP contribution is -2.60. The van der Waals surface area contributed by atoms with Gasteiger partial charge in [-0.15, -0.1) is 0 Å². The fourth-order valence-electron chi connectivity index (χ4n) is 6.52. The molecule has 0 aromatic heterocycles. The second-order valence-corrected chi connectivity index (χ2v) is 12.6. The Kier molecular flexibility index (Phi) is 6.85. The lowest BCUT2D eigenvalue weighted by atomic mass is 9.66. The average Bonchev–Trinajstić information content (AvgIpc) is 3.00. The lowest BCUT2D eigenvalue weighted by molar-refractivity contribution is -0.138. The minimum absolute atomic E-state index is 0.0424. The van der Waals surface area contributed by atoms with Crippen LogP contribution in [0, 0.1) is 29.1 Å². The van der Waals surface area contributed by atoms with Crippen molar-refractivity contribution in [1.82, 2.24) is 5.32 Å². The number of nitrogens with one attached hydrogen (secondary N) is 1. The predicted octanol–water partition coefficient (Wildman–Crippen LogP) is 5.74. The van der Waals surface area contributed by atoms with Gasteiger partial charge in [0.05, 0.1) is 23.6 Å². The summed E-state index contributed by atoms with van der Waals surface area (Å²) in [6, 6.07) is 15.0. The average molecular weight is 504 g/mol. The van der Waals surface area contributed by atoms with Gasteiger partial charge >= 0.3 is 0 Å². The van der Waals surface area contributed by atoms with Crippen LogP contribution in [-0.4, -0.2) is 23.2 Å². The third-order valence-electron chi connectivity index (χ3n) is 7.84. The first-order valence-corrected chi connectivity index (χ1v) is 12.9. The van der Waals surface area contributed by atoms with Gasteiger partial charge in [0.1, 0.15) is 0 Å². The lowest BCUT2D eigenvalue weighted by Gasteiger charge is -2.44. The number of amides is 1. The number of aliphatic hydroxyl groups is 1. The Balaban J connectivity index is 1.99. The molecule has 184 valence electrons. The van der Waals surface area contributed by atoms with Crippen LogP contribution in [0.4, 0.5) is 0 Å². The van der Waals surface area contributed by atoms with Gasteiger partial charge in [-0.05, 0) is 59.1 Å². The number of carbonyl (C=O) groups excluding carboxylic acids is 1. The van der Waals surface area contributed by atoms with Gasteiger partial charge in [-0.25, -0.2) is 0 Å². The van der Waals surface area contributed by atoms with Crippen molar-refractivity contribution in [2.75, 3.05) is 0 Å². The Labute approximate surface area is 213 Å². The smallest absolute Gasteiger partial charge is 0.224 e. The van der Waals surface area contributed by atoms with Crippen LogP contribution >= 0.6 is 23.2 Å². The Morgan fingerprint density at radius 3 is 2.29 bits per heavy atom. The molecular weight excluding hydrogens is 467 g/mol. The van der Waals surface area contributed by atoms with E-state index in [0.29, 0.717) is 10.0 Å². The summed E-state index contributed by atoms with van der Waals surface area (Å²) in [6.07, 6.45) is 0.0638. The molecule has 0 spiro atoms. The van der Waals surface area contributed by atoms with Crippen molar-refractivity contribution < 1.29 is 9.90 Å². The van der Waals surface area contributed by atoms with Crippen LogP contribution in [0.15, 0.2) is 48.5 Å². The molecule has 2 aliphatic rings.